The predicted octanol–water partition coefficient (Wildman–Crippen LogP) is 0.177. The third kappa shape index (κ3) is 0.834. The summed E-state index contributed by atoms with van der Waals surface area (Å²) in [5, 5.41) is 10.2. The third-order valence-corrected chi connectivity index (χ3v) is 2.71. The lowest BCUT2D eigenvalue weighted by Crippen LogP contribution is -2.18. The van der Waals surface area contributed by atoms with Gasteiger partial charge in [-0.3, -0.25) is 9.48 Å². The van der Waals surface area contributed by atoms with E-state index in [4.69, 9.17) is 0 Å². The molecule has 72 valence electrons. The predicted molar refractivity (Wildman–Crippen MR) is 52.2 cm³/mol. The highest BCUT2D eigenvalue weighted by atomic mass is 16.3. The van der Waals surface area contributed by atoms with Crippen molar-refractivity contribution >= 4 is 10.9 Å². The molecule has 0 radical (unpaired) electrons. The third-order valence-electron chi connectivity index (χ3n) is 2.71. The van der Waals surface area contributed by atoms with Crippen LogP contribution in [0.1, 0.15) is 0 Å². The van der Waals surface area contributed by atoms with Crippen LogP contribution in [0.2, 0.25) is 0 Å². The van der Waals surface area contributed by atoms with Crippen molar-refractivity contribution in [1.29, 1.82) is 0 Å². The van der Waals surface area contributed by atoms with Gasteiger partial charge in [-0.25, -0.2) is 4.68 Å². The topological polar surface area (TPSA) is 47.2 Å². The van der Waals surface area contributed by atoms with Crippen molar-refractivity contribution in [1.82, 2.24) is 9.36 Å². The van der Waals surface area contributed by atoms with Crippen molar-refractivity contribution in [3.8, 4) is 0 Å². The zero-order chi connectivity index (χ0) is 9.71. The van der Waals surface area contributed by atoms with E-state index in [0.29, 0.717) is 13.1 Å². The Kier molecular flexibility index (Phi) is 1.39. The fraction of sp³-hybridized carbons (Fsp3) is 0.300. The number of fused-ring (bicyclic) bond motifs is 3. The van der Waals surface area contributed by atoms with Crippen LogP contribution in [0.25, 0.3) is 10.9 Å². The molecule has 2 aromatic rings. The number of rotatable bonds is 0. The summed E-state index contributed by atoms with van der Waals surface area (Å²) in [6.07, 6.45) is -0.424. The van der Waals surface area contributed by atoms with Crippen molar-refractivity contribution in [3.63, 3.8) is 0 Å². The van der Waals surface area contributed by atoms with Crippen LogP contribution in [-0.2, 0) is 13.1 Å². The molecule has 0 saturated carbocycles. The molecule has 1 aliphatic rings. The summed E-state index contributed by atoms with van der Waals surface area (Å²) in [5.41, 5.74) is 0.909. The van der Waals surface area contributed by atoms with E-state index in [1.165, 1.54) is 0 Å². The van der Waals surface area contributed by atoms with E-state index >= 15 is 0 Å². The molecule has 0 aliphatic carbocycles. The van der Waals surface area contributed by atoms with Crippen LogP contribution in [0.4, 0.5) is 0 Å². The number of benzene rings is 1. The summed E-state index contributed by atoms with van der Waals surface area (Å²) in [7, 11) is 0. The molecule has 14 heavy (non-hydrogen) atoms. The second-order valence-corrected chi connectivity index (χ2v) is 3.64. The van der Waals surface area contributed by atoms with Crippen molar-refractivity contribution < 1.29 is 5.11 Å². The molecule has 0 amide bonds. The molecule has 0 fully saturated rings. The normalized spacial score (nSPS) is 20.2. The molecule has 1 N–H and O–H groups in total. The van der Waals surface area contributed by atoms with Gasteiger partial charge in [0.15, 0.2) is 0 Å². The second kappa shape index (κ2) is 2.48. The zero-order valence-corrected chi connectivity index (χ0v) is 7.55. The monoisotopic (exact) mass is 190 g/mol. The molecule has 0 saturated heterocycles. The largest absolute Gasteiger partial charge is 0.389 e. The lowest BCUT2D eigenvalue weighted by molar-refractivity contribution is 0.170. The van der Waals surface area contributed by atoms with Gasteiger partial charge in [-0.05, 0) is 12.1 Å². The summed E-state index contributed by atoms with van der Waals surface area (Å²) in [5.74, 6) is 0. The number of aliphatic hydroxyl groups is 1. The molecule has 4 heteroatoms. The minimum atomic E-state index is -0.424. The molecule has 0 spiro atoms. The maximum Gasteiger partial charge on any atom is 0.274 e. The summed E-state index contributed by atoms with van der Waals surface area (Å²) < 4.78 is 3.46. The van der Waals surface area contributed by atoms with Crippen molar-refractivity contribution in [2.45, 2.75) is 19.2 Å². The smallest absolute Gasteiger partial charge is 0.274 e. The fourth-order valence-electron chi connectivity index (χ4n) is 2.09. The van der Waals surface area contributed by atoms with Gasteiger partial charge in [-0.1, -0.05) is 12.1 Å². The molecular formula is C10H10N2O2. The van der Waals surface area contributed by atoms with Gasteiger partial charge < -0.3 is 5.11 Å². The van der Waals surface area contributed by atoms with Gasteiger partial charge in [0.2, 0.25) is 0 Å². The van der Waals surface area contributed by atoms with Crippen molar-refractivity contribution in [2.75, 3.05) is 0 Å². The van der Waals surface area contributed by atoms with E-state index in [9.17, 15) is 9.90 Å². The van der Waals surface area contributed by atoms with E-state index in [1.54, 1.807) is 4.68 Å². The maximum absolute atomic E-state index is 11.8. The lowest BCUT2D eigenvalue weighted by Gasteiger charge is -1.98. The average molecular weight is 190 g/mol. The van der Waals surface area contributed by atoms with Crippen LogP contribution in [0.15, 0.2) is 29.1 Å². The quantitative estimate of drug-likeness (QED) is 0.644. The molecule has 3 rings (SSSR count). The molecule has 4 nitrogen and oxygen atoms in total. The van der Waals surface area contributed by atoms with E-state index in [2.05, 4.69) is 0 Å². The molecule has 0 bridgehead atoms. The molecule has 1 atom stereocenters. The van der Waals surface area contributed by atoms with Gasteiger partial charge in [0.05, 0.1) is 30.1 Å². The first kappa shape index (κ1) is 7.82. The Bertz CT molecular complexity index is 553. The maximum atomic E-state index is 11.8. The van der Waals surface area contributed by atoms with Gasteiger partial charge in [-0.2, -0.15) is 0 Å². The van der Waals surface area contributed by atoms with Crippen molar-refractivity contribution in [2.24, 2.45) is 0 Å². The van der Waals surface area contributed by atoms with Gasteiger partial charge in [0.25, 0.3) is 5.56 Å². The number of aromatic nitrogens is 2. The number of aliphatic hydroxyl groups excluding tert-OH is 1. The Morgan fingerprint density at radius 3 is 2.79 bits per heavy atom. The molecular weight excluding hydrogens is 180 g/mol. The van der Waals surface area contributed by atoms with Crippen LogP contribution in [-0.4, -0.2) is 20.6 Å². The minimum Gasteiger partial charge on any atom is -0.389 e. The van der Waals surface area contributed by atoms with Gasteiger partial charge >= 0.3 is 0 Å². The first-order valence-corrected chi connectivity index (χ1v) is 4.64. The SMILES string of the molecule is O=c1c2ccccc2n2n1C[C@@H](O)C2. The number of hydrogen-bond acceptors (Lipinski definition) is 2. The Balaban J connectivity index is 2.44. The molecule has 1 aromatic carbocycles. The van der Waals surface area contributed by atoms with Crippen molar-refractivity contribution in [3.05, 3.63) is 34.6 Å². The molecule has 0 unspecified atom stereocenters. The van der Waals surface area contributed by atoms with E-state index in [1.807, 2.05) is 28.9 Å². The highest BCUT2D eigenvalue weighted by Gasteiger charge is 2.22. The Morgan fingerprint density at radius 1 is 1.21 bits per heavy atom. The summed E-state index contributed by atoms with van der Waals surface area (Å²) in [6, 6.07) is 7.49. The first-order chi connectivity index (χ1) is 6.77. The Morgan fingerprint density at radius 2 is 1.93 bits per heavy atom. The lowest BCUT2D eigenvalue weighted by atomic mass is 10.2. The van der Waals surface area contributed by atoms with Crippen LogP contribution < -0.4 is 5.56 Å². The molecule has 1 aliphatic heterocycles. The Labute approximate surface area is 80.0 Å². The zero-order valence-electron chi connectivity index (χ0n) is 7.55. The number of nitrogens with zero attached hydrogens (tertiary/aromatic N) is 2. The minimum absolute atomic E-state index is 0.00264. The summed E-state index contributed by atoms with van der Waals surface area (Å²) in [4.78, 5) is 11.8. The second-order valence-electron chi connectivity index (χ2n) is 3.64. The highest BCUT2D eigenvalue weighted by molar-refractivity contribution is 5.78. The van der Waals surface area contributed by atoms with Crippen LogP contribution >= 0.6 is 0 Å². The fourth-order valence-corrected chi connectivity index (χ4v) is 2.09. The van der Waals surface area contributed by atoms with E-state index in [0.717, 1.165) is 10.9 Å². The van der Waals surface area contributed by atoms with E-state index in [-0.39, 0.29) is 5.56 Å². The highest BCUT2D eigenvalue weighted by Crippen LogP contribution is 2.15. The van der Waals surface area contributed by atoms with Gasteiger partial charge in [0, 0.05) is 0 Å². The first-order valence-electron chi connectivity index (χ1n) is 4.64. The number of para-hydroxylation sites is 1. The van der Waals surface area contributed by atoms with Gasteiger partial charge in [0.1, 0.15) is 0 Å². The summed E-state index contributed by atoms with van der Waals surface area (Å²) >= 11 is 0. The number of hydrogen-bond donors (Lipinski definition) is 1. The van der Waals surface area contributed by atoms with Crippen LogP contribution in [0.5, 0.6) is 0 Å². The molecule has 2 heterocycles. The molecule has 1 aromatic heterocycles. The Hall–Kier alpha value is -1.55. The standard InChI is InChI=1S/C10H10N2O2/c13-7-5-11-9-4-2-1-3-8(9)10(14)12(11)6-7/h1-4,7,13H,5-6H2/t7-/m0/s1. The van der Waals surface area contributed by atoms with Crippen LogP contribution in [0, 0.1) is 0 Å². The van der Waals surface area contributed by atoms with E-state index < -0.39 is 6.10 Å². The average Bonchev–Trinajstić information content (AvgIpc) is 2.68. The van der Waals surface area contributed by atoms with Crippen LogP contribution in [0.3, 0.4) is 0 Å². The van der Waals surface area contributed by atoms with Gasteiger partial charge in [-0.15, -0.1) is 0 Å². The summed E-state index contributed by atoms with van der Waals surface area (Å²) in [6.45, 7) is 0.927.